The minimum absolute atomic E-state index is 0.267. The van der Waals surface area contributed by atoms with Crippen molar-refractivity contribution in [1.29, 1.82) is 0 Å². The number of thiophene rings is 1. The Labute approximate surface area is 175 Å². The van der Waals surface area contributed by atoms with Gasteiger partial charge in [-0.2, -0.15) is 0 Å². The van der Waals surface area contributed by atoms with Gasteiger partial charge in [0.1, 0.15) is 4.21 Å². The van der Waals surface area contributed by atoms with Crippen molar-refractivity contribution in [2.45, 2.75) is 68.6 Å². The Morgan fingerprint density at radius 3 is 2.76 bits per heavy atom. The van der Waals surface area contributed by atoms with Crippen LogP contribution in [-0.4, -0.2) is 20.3 Å². The van der Waals surface area contributed by atoms with Crippen LogP contribution < -0.4 is 10.5 Å². The smallest absolute Gasteiger partial charge is 0.354 e. The van der Waals surface area contributed by atoms with Gasteiger partial charge in [-0.05, 0) is 81.4 Å². The van der Waals surface area contributed by atoms with Gasteiger partial charge >= 0.3 is 6.03 Å². The predicted octanol–water partition coefficient (Wildman–Crippen LogP) is 3.98. The second-order valence-electron chi connectivity index (χ2n) is 8.34. The first-order chi connectivity index (χ1) is 13.6. The van der Waals surface area contributed by atoms with E-state index < -0.39 is 21.5 Å². The van der Waals surface area contributed by atoms with Crippen LogP contribution in [-0.2, 0) is 28.4 Å². The average Bonchev–Trinajstić information content (AvgIpc) is 3.10. The van der Waals surface area contributed by atoms with Crippen LogP contribution in [0.15, 0.2) is 20.0 Å². The van der Waals surface area contributed by atoms with Gasteiger partial charge in [0.2, 0.25) is 0 Å². The second-order valence-corrected chi connectivity index (χ2v) is 11.3. The Bertz CT molecular complexity index is 1100. The van der Waals surface area contributed by atoms with E-state index in [1.807, 2.05) is 6.92 Å². The molecule has 2 amide bonds. The van der Waals surface area contributed by atoms with Crippen molar-refractivity contribution >= 4 is 33.0 Å². The number of fused-ring (bicyclic) bond motifs is 1. The molecular weight excluding hydrogens is 408 g/mol. The summed E-state index contributed by atoms with van der Waals surface area (Å²) in [5.41, 5.74) is 4.43. The number of amides is 2. The molecule has 4 N–H and O–H groups in total. The summed E-state index contributed by atoms with van der Waals surface area (Å²) >= 11 is 1.13. The number of nitrogens with two attached hydrogens (primary N) is 1. The summed E-state index contributed by atoms with van der Waals surface area (Å²) in [6.07, 6.45) is 4.96. The molecule has 0 aliphatic heterocycles. The lowest BCUT2D eigenvalue weighted by molar-refractivity contribution is 0.0789. The number of hydrogen-bond acceptors (Lipinski definition) is 5. The average molecular weight is 435 g/mol. The molecule has 4 rings (SSSR count). The second kappa shape index (κ2) is 7.16. The number of aryl methyl sites for hydroxylation is 2. The number of nitrogens with zero attached hydrogens (tertiary/aromatic N) is 2. The topological polar surface area (TPSA) is 118 Å². The summed E-state index contributed by atoms with van der Waals surface area (Å²) in [6, 6.07) is 0.838. The Morgan fingerprint density at radius 1 is 1.41 bits per heavy atom. The van der Waals surface area contributed by atoms with Crippen LogP contribution in [0.5, 0.6) is 0 Å². The molecule has 7 nitrogen and oxygen atoms in total. The van der Waals surface area contributed by atoms with Crippen molar-refractivity contribution in [3.05, 3.63) is 39.5 Å². The van der Waals surface area contributed by atoms with E-state index in [9.17, 15) is 14.1 Å². The molecular formula is C20H26N4O3S2. The van der Waals surface area contributed by atoms with Crippen molar-refractivity contribution in [3.8, 4) is 0 Å². The quantitative estimate of drug-likeness (QED) is 0.674. The van der Waals surface area contributed by atoms with Crippen LogP contribution in [0.4, 0.5) is 10.5 Å². The zero-order valence-corrected chi connectivity index (χ0v) is 18.5. The van der Waals surface area contributed by atoms with Crippen LogP contribution in [0.25, 0.3) is 0 Å². The molecule has 9 heteroatoms. The van der Waals surface area contributed by atoms with Gasteiger partial charge in [-0.3, -0.25) is 4.98 Å². The Kier molecular flexibility index (Phi) is 5.05. The van der Waals surface area contributed by atoms with E-state index in [0.717, 1.165) is 71.6 Å². The van der Waals surface area contributed by atoms with Crippen LogP contribution in [0.3, 0.4) is 0 Å². The largest absolute Gasteiger partial charge is 0.386 e. The molecule has 1 atom stereocenters. The Morgan fingerprint density at radius 2 is 2.14 bits per heavy atom. The summed E-state index contributed by atoms with van der Waals surface area (Å²) in [4.78, 5) is 17.5. The molecule has 156 valence electrons. The van der Waals surface area contributed by atoms with Gasteiger partial charge in [0.25, 0.3) is 0 Å². The molecule has 2 aliphatic carbocycles. The van der Waals surface area contributed by atoms with Crippen molar-refractivity contribution in [1.82, 2.24) is 4.98 Å². The van der Waals surface area contributed by atoms with E-state index in [1.54, 1.807) is 25.3 Å². The zero-order valence-electron chi connectivity index (χ0n) is 16.8. The van der Waals surface area contributed by atoms with Gasteiger partial charge in [-0.1, -0.05) is 0 Å². The highest BCUT2D eigenvalue weighted by molar-refractivity contribution is 7.93. The number of hydrogen-bond donors (Lipinski definition) is 3. The lowest BCUT2D eigenvalue weighted by Gasteiger charge is -2.16. The van der Waals surface area contributed by atoms with Gasteiger partial charge < -0.3 is 10.4 Å². The van der Waals surface area contributed by atoms with Crippen LogP contribution in [0, 0.1) is 6.92 Å². The lowest BCUT2D eigenvalue weighted by Crippen LogP contribution is -2.19. The number of carbonyl (C=O) groups excluding carboxylic acids is 1. The van der Waals surface area contributed by atoms with Gasteiger partial charge in [-0.25, -0.2) is 14.1 Å². The maximum absolute atomic E-state index is 12.9. The molecule has 1 fully saturated rings. The lowest BCUT2D eigenvalue weighted by atomic mass is 10.0. The fourth-order valence-corrected chi connectivity index (χ4v) is 6.11. The molecule has 0 bridgehead atoms. The summed E-state index contributed by atoms with van der Waals surface area (Å²) in [5.74, 6) is 0.414. The molecule has 1 saturated carbocycles. The third-order valence-electron chi connectivity index (χ3n) is 5.46. The monoisotopic (exact) mass is 434 g/mol. The van der Waals surface area contributed by atoms with E-state index >= 15 is 0 Å². The highest BCUT2D eigenvalue weighted by atomic mass is 32.2. The molecule has 2 aromatic rings. The van der Waals surface area contributed by atoms with E-state index in [2.05, 4.69) is 9.68 Å². The maximum Gasteiger partial charge on any atom is 0.354 e. The van der Waals surface area contributed by atoms with E-state index in [4.69, 9.17) is 10.1 Å². The fourth-order valence-electron chi connectivity index (χ4n) is 3.83. The Balaban J connectivity index is 1.67. The molecule has 0 saturated heterocycles. The third-order valence-corrected chi connectivity index (χ3v) is 8.32. The first-order valence-corrected chi connectivity index (χ1v) is 12.2. The van der Waals surface area contributed by atoms with E-state index in [-0.39, 0.29) is 4.21 Å². The van der Waals surface area contributed by atoms with Crippen molar-refractivity contribution in [2.24, 2.45) is 9.50 Å². The number of carbonyl (C=O) groups is 1. The number of aromatic nitrogens is 1. The van der Waals surface area contributed by atoms with Gasteiger partial charge in [0.15, 0.2) is 9.92 Å². The first kappa shape index (κ1) is 20.5. The summed E-state index contributed by atoms with van der Waals surface area (Å²) in [5, 5.41) is 20.6. The highest BCUT2D eigenvalue weighted by Gasteiger charge is 2.32. The molecule has 0 spiro atoms. The van der Waals surface area contributed by atoms with Gasteiger partial charge in [0, 0.05) is 17.0 Å². The molecule has 0 radical (unpaired) electrons. The van der Waals surface area contributed by atoms with Gasteiger partial charge in [0.05, 0.1) is 11.3 Å². The summed E-state index contributed by atoms with van der Waals surface area (Å²) in [7, 11) is -3.41. The van der Waals surface area contributed by atoms with E-state index in [0.29, 0.717) is 11.5 Å². The number of pyridine rings is 1. The number of rotatable bonds is 4. The van der Waals surface area contributed by atoms with Crippen molar-refractivity contribution in [2.75, 3.05) is 5.32 Å². The predicted molar refractivity (Wildman–Crippen MR) is 115 cm³/mol. The SMILES string of the molecule is Cc1nc2c(c(NC(=O)N=S(N)(=O)c3cc(C(C)(C)O)cs3)c1C1CC1)CCC2. The summed E-state index contributed by atoms with van der Waals surface area (Å²) in [6.45, 7) is 5.24. The molecule has 2 heterocycles. The molecule has 0 aromatic carbocycles. The zero-order chi connectivity index (χ0) is 21.0. The standard InChI is InChI=1S/C20H26N4O3S2/c1-11-17(12-7-8-12)18(14-5-4-6-15(14)22-11)23-19(25)24-29(21,27)16-9-13(10-28-16)20(2,3)26/h9-10,12,26H,4-8H2,1-3H3,(H3,21,22,23,24,25,27). The number of anilines is 1. The molecule has 1 unspecified atom stereocenters. The minimum atomic E-state index is -3.41. The molecule has 2 aliphatic rings. The van der Waals surface area contributed by atoms with E-state index in [1.165, 1.54) is 0 Å². The summed E-state index contributed by atoms with van der Waals surface area (Å²) < 4.78 is 17.0. The van der Waals surface area contributed by atoms with Gasteiger partial charge in [-0.15, -0.1) is 15.7 Å². The first-order valence-electron chi connectivity index (χ1n) is 9.76. The number of aliphatic hydroxyl groups is 1. The van der Waals surface area contributed by atoms with Crippen LogP contribution in [0.1, 0.15) is 67.1 Å². The highest BCUT2D eigenvalue weighted by Crippen LogP contribution is 2.47. The maximum atomic E-state index is 12.9. The Hall–Kier alpha value is -1.81. The molecule has 2 aromatic heterocycles. The van der Waals surface area contributed by atoms with Crippen LogP contribution in [0.2, 0.25) is 0 Å². The van der Waals surface area contributed by atoms with Crippen molar-refractivity contribution < 1.29 is 14.1 Å². The number of urea groups is 1. The minimum Gasteiger partial charge on any atom is -0.386 e. The molecule has 29 heavy (non-hydrogen) atoms. The fraction of sp³-hybridized carbons (Fsp3) is 0.500. The number of nitrogens with one attached hydrogen (secondary N) is 1. The van der Waals surface area contributed by atoms with Crippen molar-refractivity contribution in [3.63, 3.8) is 0 Å². The normalized spacial score (nSPS) is 18.2. The third kappa shape index (κ3) is 4.09. The van der Waals surface area contributed by atoms with Crippen LogP contribution >= 0.6 is 11.3 Å².